The van der Waals surface area contributed by atoms with E-state index in [1.54, 1.807) is 0 Å². The largest absolute Gasteiger partial charge is 0.312 e. The molecule has 1 unspecified atom stereocenters. The molecule has 5 heteroatoms. The maximum absolute atomic E-state index is 11.9. The summed E-state index contributed by atoms with van der Waals surface area (Å²) in [5, 5.41) is 3.43. The second kappa shape index (κ2) is 5.74. The van der Waals surface area contributed by atoms with Crippen molar-refractivity contribution in [3.05, 3.63) is 0 Å². The van der Waals surface area contributed by atoms with E-state index in [0.717, 1.165) is 12.2 Å². The molecular weight excluding hydrogens is 242 g/mol. The zero-order chi connectivity index (χ0) is 12.2. The SMILES string of the molecule is CCC(CC)(CNC1CCSC1)S(C)(=O)=O. The summed E-state index contributed by atoms with van der Waals surface area (Å²) < 4.78 is 23.2. The van der Waals surface area contributed by atoms with Crippen LogP contribution in [0.4, 0.5) is 0 Å². The lowest BCUT2D eigenvalue weighted by atomic mass is 10.0. The van der Waals surface area contributed by atoms with E-state index < -0.39 is 14.6 Å². The Hall–Kier alpha value is 0.260. The number of hydrogen-bond donors (Lipinski definition) is 1. The molecule has 1 saturated heterocycles. The van der Waals surface area contributed by atoms with Gasteiger partial charge in [0.15, 0.2) is 9.84 Å². The van der Waals surface area contributed by atoms with Gasteiger partial charge in [0.05, 0.1) is 4.75 Å². The fraction of sp³-hybridized carbons (Fsp3) is 1.00. The van der Waals surface area contributed by atoms with Crippen LogP contribution in [0.2, 0.25) is 0 Å². The molecule has 1 aliphatic rings. The second-order valence-corrected chi connectivity index (χ2v) is 8.16. The normalized spacial score (nSPS) is 22.6. The zero-order valence-corrected chi connectivity index (χ0v) is 12.1. The standard InChI is InChI=1S/C11H23NO2S2/c1-4-11(5-2,16(3,13)14)9-12-10-6-7-15-8-10/h10,12H,4-9H2,1-3H3. The van der Waals surface area contributed by atoms with Crippen LogP contribution in [0.15, 0.2) is 0 Å². The molecule has 0 aromatic carbocycles. The van der Waals surface area contributed by atoms with Crippen molar-refractivity contribution in [2.45, 2.75) is 43.9 Å². The third-order valence-corrected chi connectivity index (χ3v) is 7.18. The number of nitrogens with one attached hydrogen (secondary N) is 1. The van der Waals surface area contributed by atoms with Crippen LogP contribution in [0, 0.1) is 0 Å². The Balaban J connectivity index is 2.63. The van der Waals surface area contributed by atoms with Crippen LogP contribution in [-0.2, 0) is 9.84 Å². The van der Waals surface area contributed by atoms with E-state index in [2.05, 4.69) is 5.32 Å². The highest BCUT2D eigenvalue weighted by molar-refractivity contribution is 7.99. The maximum atomic E-state index is 11.9. The molecule has 1 fully saturated rings. The summed E-state index contributed by atoms with van der Waals surface area (Å²) in [6.07, 6.45) is 3.91. The van der Waals surface area contributed by atoms with Gasteiger partial charge in [-0.05, 0) is 25.0 Å². The summed E-state index contributed by atoms with van der Waals surface area (Å²) in [6.45, 7) is 4.54. The van der Waals surface area contributed by atoms with Gasteiger partial charge in [-0.25, -0.2) is 8.42 Å². The first-order chi connectivity index (χ1) is 7.45. The Morgan fingerprint density at radius 3 is 2.38 bits per heavy atom. The first-order valence-corrected chi connectivity index (χ1v) is 9.00. The molecule has 0 amide bonds. The third-order valence-electron chi connectivity index (χ3n) is 3.72. The van der Waals surface area contributed by atoms with E-state index in [4.69, 9.17) is 0 Å². The van der Waals surface area contributed by atoms with E-state index >= 15 is 0 Å². The average Bonchev–Trinajstić information content (AvgIpc) is 2.71. The van der Waals surface area contributed by atoms with Gasteiger partial charge in [-0.2, -0.15) is 11.8 Å². The van der Waals surface area contributed by atoms with Crippen molar-refractivity contribution in [1.29, 1.82) is 0 Å². The fourth-order valence-corrected chi connectivity index (χ4v) is 4.76. The van der Waals surface area contributed by atoms with E-state index in [-0.39, 0.29) is 0 Å². The summed E-state index contributed by atoms with van der Waals surface area (Å²) in [5.41, 5.74) is 0. The molecule has 0 saturated carbocycles. The van der Waals surface area contributed by atoms with E-state index in [1.807, 2.05) is 25.6 Å². The van der Waals surface area contributed by atoms with Crippen molar-refractivity contribution < 1.29 is 8.42 Å². The lowest BCUT2D eigenvalue weighted by Crippen LogP contribution is -2.48. The quantitative estimate of drug-likeness (QED) is 0.794. The van der Waals surface area contributed by atoms with Crippen LogP contribution in [0.5, 0.6) is 0 Å². The van der Waals surface area contributed by atoms with Crippen molar-refractivity contribution >= 4 is 21.6 Å². The van der Waals surface area contributed by atoms with Crippen molar-refractivity contribution in [3.63, 3.8) is 0 Å². The molecule has 3 nitrogen and oxygen atoms in total. The Morgan fingerprint density at radius 2 is 2.00 bits per heavy atom. The second-order valence-electron chi connectivity index (χ2n) is 4.60. The minimum atomic E-state index is -2.99. The third kappa shape index (κ3) is 3.14. The van der Waals surface area contributed by atoms with Crippen LogP contribution in [0.3, 0.4) is 0 Å². The highest BCUT2D eigenvalue weighted by Gasteiger charge is 2.37. The molecular formula is C11H23NO2S2. The van der Waals surface area contributed by atoms with Gasteiger partial charge in [0.2, 0.25) is 0 Å². The molecule has 0 bridgehead atoms. The predicted octanol–water partition coefficient (Wildman–Crippen LogP) is 1.68. The van der Waals surface area contributed by atoms with Crippen LogP contribution >= 0.6 is 11.8 Å². The smallest absolute Gasteiger partial charge is 0.154 e. The summed E-state index contributed by atoms with van der Waals surface area (Å²) in [5.74, 6) is 2.31. The highest BCUT2D eigenvalue weighted by Crippen LogP contribution is 2.26. The molecule has 16 heavy (non-hydrogen) atoms. The summed E-state index contributed by atoms with van der Waals surface area (Å²) >= 11 is 1.94. The van der Waals surface area contributed by atoms with Gasteiger partial charge < -0.3 is 5.32 Å². The summed E-state index contributed by atoms with van der Waals surface area (Å²) in [6, 6.07) is 0.504. The van der Waals surface area contributed by atoms with Gasteiger partial charge in [-0.15, -0.1) is 0 Å². The molecule has 0 aliphatic carbocycles. The lowest BCUT2D eigenvalue weighted by molar-refractivity contribution is 0.427. The fourth-order valence-electron chi connectivity index (χ4n) is 2.18. The van der Waals surface area contributed by atoms with Crippen LogP contribution in [0.1, 0.15) is 33.1 Å². The Bertz CT molecular complexity index is 304. The van der Waals surface area contributed by atoms with Gasteiger partial charge in [0.1, 0.15) is 0 Å². The molecule has 1 atom stereocenters. The van der Waals surface area contributed by atoms with Gasteiger partial charge in [-0.3, -0.25) is 0 Å². The van der Waals surface area contributed by atoms with Gasteiger partial charge in [-0.1, -0.05) is 13.8 Å². The predicted molar refractivity (Wildman–Crippen MR) is 71.9 cm³/mol. The topological polar surface area (TPSA) is 46.2 Å². The molecule has 1 heterocycles. The Morgan fingerprint density at radius 1 is 1.38 bits per heavy atom. The van der Waals surface area contributed by atoms with Crippen molar-refractivity contribution in [3.8, 4) is 0 Å². The Kier molecular flexibility index (Phi) is 5.13. The van der Waals surface area contributed by atoms with Gasteiger partial charge in [0, 0.05) is 24.6 Å². The lowest BCUT2D eigenvalue weighted by Gasteiger charge is -2.31. The summed E-state index contributed by atoms with van der Waals surface area (Å²) in [7, 11) is -2.99. The molecule has 0 aromatic rings. The van der Waals surface area contributed by atoms with E-state index in [0.29, 0.717) is 25.4 Å². The van der Waals surface area contributed by atoms with Gasteiger partial charge >= 0.3 is 0 Å². The first kappa shape index (κ1) is 14.3. The highest BCUT2D eigenvalue weighted by atomic mass is 32.2. The molecule has 1 rings (SSSR count). The maximum Gasteiger partial charge on any atom is 0.154 e. The number of thioether (sulfide) groups is 1. The molecule has 0 radical (unpaired) electrons. The number of hydrogen-bond acceptors (Lipinski definition) is 4. The monoisotopic (exact) mass is 265 g/mol. The van der Waals surface area contributed by atoms with Crippen LogP contribution in [0.25, 0.3) is 0 Å². The molecule has 96 valence electrons. The molecule has 0 aromatic heterocycles. The first-order valence-electron chi connectivity index (χ1n) is 5.96. The van der Waals surface area contributed by atoms with Crippen molar-refractivity contribution in [1.82, 2.24) is 5.32 Å². The van der Waals surface area contributed by atoms with E-state index in [1.165, 1.54) is 12.0 Å². The van der Waals surface area contributed by atoms with Crippen molar-refractivity contribution in [2.75, 3.05) is 24.3 Å². The number of sulfone groups is 1. The van der Waals surface area contributed by atoms with Crippen LogP contribution < -0.4 is 5.32 Å². The number of rotatable bonds is 6. The molecule has 0 spiro atoms. The molecule has 1 N–H and O–H groups in total. The van der Waals surface area contributed by atoms with Crippen LogP contribution in [-0.4, -0.2) is 43.5 Å². The minimum Gasteiger partial charge on any atom is -0.312 e. The Labute approximate surface area is 104 Å². The molecule has 1 aliphatic heterocycles. The minimum absolute atomic E-state index is 0.504. The van der Waals surface area contributed by atoms with Gasteiger partial charge in [0.25, 0.3) is 0 Å². The van der Waals surface area contributed by atoms with Crippen molar-refractivity contribution in [2.24, 2.45) is 0 Å². The average molecular weight is 265 g/mol. The summed E-state index contributed by atoms with van der Waals surface area (Å²) in [4.78, 5) is 0. The van der Waals surface area contributed by atoms with E-state index in [9.17, 15) is 8.42 Å². The zero-order valence-electron chi connectivity index (χ0n) is 10.5.